The number of carbonyl (C=O) groups excluding carboxylic acids is 2. The van der Waals surface area contributed by atoms with E-state index in [1.807, 2.05) is 4.90 Å². The molecule has 2 amide bonds. The maximum Gasteiger partial charge on any atom is 0.256 e. The predicted octanol–water partition coefficient (Wildman–Crippen LogP) is 3.08. The molecule has 2 saturated heterocycles. The van der Waals surface area contributed by atoms with E-state index in [4.69, 9.17) is 9.47 Å². The summed E-state index contributed by atoms with van der Waals surface area (Å²) < 4.78 is 10.7. The Morgan fingerprint density at radius 3 is 2.45 bits per heavy atom. The van der Waals surface area contributed by atoms with Crippen LogP contribution in [0, 0.1) is 5.92 Å². The number of amides is 2. The van der Waals surface area contributed by atoms with Gasteiger partial charge in [0.2, 0.25) is 5.91 Å². The highest BCUT2D eigenvalue weighted by atomic mass is 35.5. The number of halogens is 1. The fraction of sp³-hybridized carbons (Fsp3) is 0.619. The third-order valence-electron chi connectivity index (χ3n) is 5.61. The number of methoxy groups -OCH3 is 2. The summed E-state index contributed by atoms with van der Waals surface area (Å²) >= 11 is 0. The second-order valence-corrected chi connectivity index (χ2v) is 7.55. The zero-order valence-corrected chi connectivity index (χ0v) is 18.1. The van der Waals surface area contributed by atoms with Gasteiger partial charge in [0.05, 0.1) is 25.5 Å². The lowest BCUT2D eigenvalue weighted by molar-refractivity contribution is -0.116. The minimum atomic E-state index is -0.0770. The van der Waals surface area contributed by atoms with Crippen LogP contribution in [0.5, 0.6) is 11.5 Å². The molecule has 1 aromatic carbocycles. The van der Waals surface area contributed by atoms with E-state index in [0.717, 1.165) is 58.3 Å². The van der Waals surface area contributed by atoms with Gasteiger partial charge in [-0.3, -0.25) is 9.59 Å². The number of carbonyl (C=O) groups is 2. The molecule has 2 heterocycles. The van der Waals surface area contributed by atoms with Crippen molar-refractivity contribution in [3.05, 3.63) is 17.7 Å². The molecule has 0 aliphatic carbocycles. The molecule has 2 fully saturated rings. The van der Waals surface area contributed by atoms with E-state index in [0.29, 0.717) is 35.1 Å². The second-order valence-electron chi connectivity index (χ2n) is 7.55. The van der Waals surface area contributed by atoms with E-state index in [1.165, 1.54) is 0 Å². The molecular weight excluding hydrogens is 394 g/mol. The van der Waals surface area contributed by atoms with Crippen LogP contribution < -0.4 is 20.1 Å². The van der Waals surface area contributed by atoms with Crippen LogP contribution in [0.3, 0.4) is 0 Å². The molecule has 1 aromatic rings. The van der Waals surface area contributed by atoms with Gasteiger partial charge in [0.25, 0.3) is 5.91 Å². The molecule has 162 valence electrons. The summed E-state index contributed by atoms with van der Waals surface area (Å²) in [6.07, 6.45) is 5.57. The molecule has 8 heteroatoms. The quantitative estimate of drug-likeness (QED) is 0.701. The number of nitrogens with zero attached hydrogens (tertiary/aromatic N) is 1. The van der Waals surface area contributed by atoms with Gasteiger partial charge in [-0.15, -0.1) is 12.4 Å². The maximum atomic E-state index is 13.1. The highest BCUT2D eigenvalue weighted by Crippen LogP contribution is 2.34. The Balaban J connectivity index is 0.00000300. The number of rotatable bonds is 7. The van der Waals surface area contributed by atoms with Gasteiger partial charge in [-0.2, -0.15) is 0 Å². The minimum Gasteiger partial charge on any atom is -0.493 e. The van der Waals surface area contributed by atoms with E-state index in [-0.39, 0.29) is 24.2 Å². The lowest BCUT2D eigenvalue weighted by atomic mass is 10.0. The first-order valence-corrected chi connectivity index (χ1v) is 10.2. The number of benzene rings is 1. The summed E-state index contributed by atoms with van der Waals surface area (Å²) in [7, 11) is 3.09. The number of nitrogens with one attached hydrogen (secondary N) is 2. The average molecular weight is 426 g/mol. The van der Waals surface area contributed by atoms with Crippen molar-refractivity contribution >= 4 is 29.9 Å². The molecule has 1 unspecified atom stereocenters. The van der Waals surface area contributed by atoms with Crippen LogP contribution in [0.1, 0.15) is 48.9 Å². The van der Waals surface area contributed by atoms with Crippen molar-refractivity contribution in [2.75, 3.05) is 45.7 Å². The summed E-state index contributed by atoms with van der Waals surface area (Å²) in [5.41, 5.74) is 0.943. The van der Waals surface area contributed by atoms with Gasteiger partial charge in [-0.25, -0.2) is 0 Å². The van der Waals surface area contributed by atoms with Gasteiger partial charge in [-0.1, -0.05) is 0 Å². The van der Waals surface area contributed by atoms with Crippen molar-refractivity contribution in [3.63, 3.8) is 0 Å². The molecule has 0 bridgehead atoms. The largest absolute Gasteiger partial charge is 0.493 e. The van der Waals surface area contributed by atoms with Crippen molar-refractivity contribution in [1.29, 1.82) is 0 Å². The van der Waals surface area contributed by atoms with Crippen molar-refractivity contribution in [2.45, 2.75) is 38.5 Å². The first-order valence-electron chi connectivity index (χ1n) is 10.2. The summed E-state index contributed by atoms with van der Waals surface area (Å²) in [5.74, 6) is 1.37. The third-order valence-corrected chi connectivity index (χ3v) is 5.61. The summed E-state index contributed by atoms with van der Waals surface area (Å²) in [6, 6.07) is 3.36. The number of likely N-dealkylation sites (tertiary alicyclic amines) is 1. The topological polar surface area (TPSA) is 79.9 Å². The minimum absolute atomic E-state index is 0. The van der Waals surface area contributed by atoms with E-state index < -0.39 is 0 Å². The number of hydrogen-bond acceptors (Lipinski definition) is 5. The Morgan fingerprint density at radius 1 is 1.14 bits per heavy atom. The Kier molecular flexibility index (Phi) is 9.04. The van der Waals surface area contributed by atoms with Crippen LogP contribution in [0.15, 0.2) is 12.1 Å². The smallest absolute Gasteiger partial charge is 0.256 e. The molecule has 0 aromatic heterocycles. The summed E-state index contributed by atoms with van der Waals surface area (Å²) in [5, 5.41) is 6.26. The SMILES string of the molecule is COc1cc(NC(=O)CCC2CCNC2)c(C(=O)N2CCCCC2)cc1OC.Cl. The summed E-state index contributed by atoms with van der Waals surface area (Å²) in [4.78, 5) is 27.5. The number of hydrogen-bond donors (Lipinski definition) is 2. The van der Waals surface area contributed by atoms with Crippen LogP contribution >= 0.6 is 12.4 Å². The van der Waals surface area contributed by atoms with Crippen molar-refractivity contribution < 1.29 is 19.1 Å². The first kappa shape index (κ1) is 23.3. The zero-order valence-electron chi connectivity index (χ0n) is 17.3. The predicted molar refractivity (Wildman–Crippen MR) is 115 cm³/mol. The van der Waals surface area contributed by atoms with Crippen LogP contribution in [0.25, 0.3) is 0 Å². The highest BCUT2D eigenvalue weighted by molar-refractivity contribution is 6.04. The van der Waals surface area contributed by atoms with Crippen molar-refractivity contribution in [3.8, 4) is 11.5 Å². The van der Waals surface area contributed by atoms with E-state index in [2.05, 4.69) is 10.6 Å². The fourth-order valence-electron chi connectivity index (χ4n) is 3.94. The Labute approximate surface area is 178 Å². The van der Waals surface area contributed by atoms with E-state index in [1.54, 1.807) is 26.4 Å². The molecule has 2 aliphatic heterocycles. The highest BCUT2D eigenvalue weighted by Gasteiger charge is 2.24. The van der Waals surface area contributed by atoms with Crippen LogP contribution in [0.4, 0.5) is 5.69 Å². The number of piperidine rings is 1. The average Bonchev–Trinajstić information content (AvgIpc) is 3.25. The van der Waals surface area contributed by atoms with Crippen LogP contribution in [-0.4, -0.2) is 57.1 Å². The first-order chi connectivity index (χ1) is 13.6. The molecule has 2 N–H and O–H groups in total. The lowest BCUT2D eigenvalue weighted by Crippen LogP contribution is -2.36. The molecule has 7 nitrogen and oxygen atoms in total. The second kappa shape index (κ2) is 11.3. The molecular formula is C21H32ClN3O4. The number of anilines is 1. The van der Waals surface area contributed by atoms with E-state index >= 15 is 0 Å². The monoisotopic (exact) mass is 425 g/mol. The zero-order chi connectivity index (χ0) is 19.9. The third kappa shape index (κ3) is 6.00. The number of ether oxygens (including phenoxy) is 2. The molecule has 3 rings (SSSR count). The molecule has 29 heavy (non-hydrogen) atoms. The summed E-state index contributed by atoms with van der Waals surface area (Å²) in [6.45, 7) is 3.49. The standard InChI is InChI=1S/C21H31N3O4.ClH/c1-27-18-12-16(21(26)24-10-4-3-5-11-24)17(13-19(18)28-2)23-20(25)7-6-15-8-9-22-14-15;/h12-13,15,22H,3-11,14H2,1-2H3,(H,23,25);1H. The van der Waals surface area contributed by atoms with Gasteiger partial charge in [0, 0.05) is 25.6 Å². The molecule has 0 spiro atoms. The van der Waals surface area contributed by atoms with Crippen LogP contribution in [0.2, 0.25) is 0 Å². The molecule has 2 aliphatic rings. The van der Waals surface area contributed by atoms with Gasteiger partial charge in [0.1, 0.15) is 0 Å². The maximum absolute atomic E-state index is 13.1. The molecule has 1 atom stereocenters. The Bertz CT molecular complexity index is 701. The Hall–Kier alpha value is -1.99. The molecule has 0 radical (unpaired) electrons. The Morgan fingerprint density at radius 2 is 1.83 bits per heavy atom. The van der Waals surface area contributed by atoms with E-state index in [9.17, 15) is 9.59 Å². The van der Waals surface area contributed by atoms with Gasteiger partial charge in [0.15, 0.2) is 11.5 Å². The van der Waals surface area contributed by atoms with Crippen LogP contribution in [-0.2, 0) is 4.79 Å². The van der Waals surface area contributed by atoms with Gasteiger partial charge >= 0.3 is 0 Å². The lowest BCUT2D eigenvalue weighted by Gasteiger charge is -2.28. The van der Waals surface area contributed by atoms with Gasteiger partial charge in [-0.05, 0) is 57.2 Å². The van der Waals surface area contributed by atoms with Gasteiger partial charge < -0.3 is 25.0 Å². The van der Waals surface area contributed by atoms with Crippen molar-refractivity contribution in [1.82, 2.24) is 10.2 Å². The normalized spacial score (nSPS) is 18.7. The molecule has 0 saturated carbocycles. The fourth-order valence-corrected chi connectivity index (χ4v) is 3.94. The van der Waals surface area contributed by atoms with Crippen molar-refractivity contribution in [2.24, 2.45) is 5.92 Å².